The molecule has 0 unspecified atom stereocenters. The molecular weight excluding hydrogens is 374 g/mol. The van der Waals surface area contributed by atoms with Gasteiger partial charge in [0.25, 0.3) is 0 Å². The van der Waals surface area contributed by atoms with Crippen molar-refractivity contribution in [3.63, 3.8) is 0 Å². The second-order valence-electron chi connectivity index (χ2n) is 7.28. The van der Waals surface area contributed by atoms with E-state index in [1.165, 1.54) is 0 Å². The molecule has 0 bridgehead atoms. The molecule has 0 spiro atoms. The molecule has 7 heteroatoms. The van der Waals surface area contributed by atoms with E-state index in [4.69, 9.17) is 14.2 Å². The molecule has 1 atom stereocenters. The van der Waals surface area contributed by atoms with Gasteiger partial charge in [-0.1, -0.05) is 25.5 Å². The summed E-state index contributed by atoms with van der Waals surface area (Å²) in [5.74, 6) is -0.698. The van der Waals surface area contributed by atoms with Crippen LogP contribution in [0.2, 0.25) is 0 Å². The highest BCUT2D eigenvalue weighted by Gasteiger charge is 2.28. The van der Waals surface area contributed by atoms with Crippen LogP contribution in [0.25, 0.3) is 0 Å². The summed E-state index contributed by atoms with van der Waals surface area (Å²) in [6, 6.07) is 6.06. The highest BCUT2D eigenvalue weighted by atomic mass is 16.5. The Morgan fingerprint density at radius 2 is 1.83 bits per heavy atom. The van der Waals surface area contributed by atoms with Gasteiger partial charge in [0.1, 0.15) is 24.5 Å². The van der Waals surface area contributed by atoms with Gasteiger partial charge in [-0.25, -0.2) is 4.79 Å². The summed E-state index contributed by atoms with van der Waals surface area (Å²) in [6.45, 7) is 2.02. The highest BCUT2D eigenvalue weighted by Crippen LogP contribution is 2.21. The molecule has 1 saturated carbocycles. The van der Waals surface area contributed by atoms with Gasteiger partial charge in [0.15, 0.2) is 0 Å². The Morgan fingerprint density at radius 1 is 1.14 bits per heavy atom. The molecule has 0 aliphatic heterocycles. The molecule has 7 nitrogen and oxygen atoms in total. The van der Waals surface area contributed by atoms with Gasteiger partial charge in [-0.15, -0.1) is 0 Å². The van der Waals surface area contributed by atoms with Gasteiger partial charge < -0.3 is 19.5 Å². The number of rotatable bonds is 11. The smallest absolute Gasteiger partial charge is 0.329 e. The summed E-state index contributed by atoms with van der Waals surface area (Å²) < 4.78 is 15.9. The molecule has 0 heterocycles. The van der Waals surface area contributed by atoms with E-state index in [1.807, 2.05) is 6.92 Å². The predicted octanol–water partition coefficient (Wildman–Crippen LogP) is 3.29. The van der Waals surface area contributed by atoms with Crippen molar-refractivity contribution in [2.24, 2.45) is 0 Å². The van der Waals surface area contributed by atoms with E-state index >= 15 is 0 Å². The first kappa shape index (κ1) is 22.7. The average Bonchev–Trinajstić information content (AvgIpc) is 3.23. The van der Waals surface area contributed by atoms with Gasteiger partial charge in [-0.2, -0.15) is 0 Å². The number of hydrogen-bond donors (Lipinski definition) is 1. The lowest BCUT2D eigenvalue weighted by Crippen LogP contribution is -2.43. The fraction of sp³-hybridized carbons (Fsp3) is 0.591. The maximum Gasteiger partial charge on any atom is 0.329 e. The van der Waals surface area contributed by atoms with Gasteiger partial charge in [-0.3, -0.25) is 9.59 Å². The summed E-state index contributed by atoms with van der Waals surface area (Å²) in [5.41, 5.74) is 0.781. The summed E-state index contributed by atoms with van der Waals surface area (Å²) in [6.07, 6.45) is 5.34. The molecule has 0 radical (unpaired) electrons. The molecule has 2 rings (SSSR count). The quantitative estimate of drug-likeness (QED) is 0.568. The Hall–Kier alpha value is -2.57. The third-order valence-corrected chi connectivity index (χ3v) is 4.89. The number of carbonyl (C=O) groups excluding carboxylic acids is 3. The van der Waals surface area contributed by atoms with E-state index in [-0.39, 0.29) is 25.0 Å². The van der Waals surface area contributed by atoms with Crippen LogP contribution in [0, 0.1) is 0 Å². The summed E-state index contributed by atoms with van der Waals surface area (Å²) in [4.78, 5) is 36.9. The van der Waals surface area contributed by atoms with Crippen LogP contribution in [-0.4, -0.2) is 37.1 Å². The maximum absolute atomic E-state index is 12.6. The molecule has 160 valence electrons. The molecular formula is C22H31NO6. The number of esters is 2. The van der Waals surface area contributed by atoms with Gasteiger partial charge >= 0.3 is 11.9 Å². The van der Waals surface area contributed by atoms with Crippen molar-refractivity contribution in [1.29, 1.82) is 0 Å². The molecule has 1 amide bonds. The lowest BCUT2D eigenvalue weighted by molar-refractivity contribution is -0.156. The van der Waals surface area contributed by atoms with Crippen molar-refractivity contribution in [1.82, 2.24) is 5.32 Å². The second-order valence-corrected chi connectivity index (χ2v) is 7.28. The van der Waals surface area contributed by atoms with E-state index in [9.17, 15) is 14.4 Å². The van der Waals surface area contributed by atoms with Gasteiger partial charge in [-0.05, 0) is 49.8 Å². The normalized spacial score (nSPS) is 14.8. The molecule has 1 aliphatic carbocycles. The minimum Gasteiger partial charge on any atom is -0.497 e. The topological polar surface area (TPSA) is 90.9 Å². The van der Waals surface area contributed by atoms with Crippen LogP contribution in [-0.2, 0) is 30.5 Å². The number of ether oxygens (including phenoxy) is 3. The number of nitrogens with one attached hydrogen (secondary N) is 1. The first-order valence-corrected chi connectivity index (χ1v) is 10.3. The summed E-state index contributed by atoms with van der Waals surface area (Å²) in [7, 11) is 1.57. The number of hydrogen-bond acceptors (Lipinski definition) is 6. The zero-order valence-corrected chi connectivity index (χ0v) is 17.3. The van der Waals surface area contributed by atoms with Crippen molar-refractivity contribution in [3.8, 4) is 5.75 Å². The van der Waals surface area contributed by atoms with Gasteiger partial charge in [0.05, 0.1) is 13.5 Å². The van der Waals surface area contributed by atoms with E-state index in [2.05, 4.69) is 5.32 Å². The van der Waals surface area contributed by atoms with Crippen molar-refractivity contribution in [2.75, 3.05) is 7.11 Å². The van der Waals surface area contributed by atoms with Crippen LogP contribution in [0.4, 0.5) is 0 Å². The van der Waals surface area contributed by atoms with Crippen LogP contribution in [0.5, 0.6) is 5.75 Å². The fourth-order valence-corrected chi connectivity index (χ4v) is 3.18. The minimum absolute atomic E-state index is 0.0435. The largest absolute Gasteiger partial charge is 0.497 e. The Balaban J connectivity index is 1.92. The lowest BCUT2D eigenvalue weighted by Gasteiger charge is -2.19. The summed E-state index contributed by atoms with van der Waals surface area (Å²) in [5, 5.41) is 2.63. The van der Waals surface area contributed by atoms with Crippen LogP contribution in [0.3, 0.4) is 0 Å². The molecule has 29 heavy (non-hydrogen) atoms. The van der Waals surface area contributed by atoms with Crippen LogP contribution in [0.1, 0.15) is 63.9 Å². The van der Waals surface area contributed by atoms with E-state index in [0.717, 1.165) is 37.7 Å². The Morgan fingerprint density at radius 3 is 2.45 bits per heavy atom. The van der Waals surface area contributed by atoms with Crippen molar-refractivity contribution in [2.45, 2.75) is 77.0 Å². The fourth-order valence-electron chi connectivity index (χ4n) is 3.18. The average molecular weight is 405 g/mol. The first-order valence-electron chi connectivity index (χ1n) is 10.3. The standard InChI is InChI=1S/C22H31NO6/c1-3-4-9-20(24)23-19(14-21(25)29-18-7-5-6-8-18)22(26)28-15-16-10-12-17(27-2)13-11-16/h10-13,18-19H,3-9,14-15H2,1-2H3,(H,23,24)/t19-/m0/s1. The molecule has 1 aliphatic rings. The second kappa shape index (κ2) is 12.1. The van der Waals surface area contributed by atoms with Crippen LogP contribution >= 0.6 is 0 Å². The molecule has 1 aromatic carbocycles. The zero-order valence-electron chi connectivity index (χ0n) is 17.3. The van der Waals surface area contributed by atoms with Crippen molar-refractivity contribution >= 4 is 17.8 Å². The molecule has 1 aromatic rings. The third kappa shape index (κ3) is 8.13. The SMILES string of the molecule is CCCCC(=O)N[C@@H](CC(=O)OC1CCCC1)C(=O)OCc1ccc(OC)cc1. The number of unbranched alkanes of at least 4 members (excludes halogenated alkanes) is 1. The molecule has 0 saturated heterocycles. The number of carbonyl (C=O) groups is 3. The Bertz CT molecular complexity index is 666. The Labute approximate surface area is 172 Å². The highest BCUT2D eigenvalue weighted by molar-refractivity contribution is 5.88. The van der Waals surface area contributed by atoms with Crippen LogP contribution < -0.4 is 10.1 Å². The Kier molecular flexibility index (Phi) is 9.47. The third-order valence-electron chi connectivity index (χ3n) is 4.89. The summed E-state index contributed by atoms with van der Waals surface area (Å²) >= 11 is 0. The van der Waals surface area contributed by atoms with E-state index in [0.29, 0.717) is 18.6 Å². The molecule has 0 aromatic heterocycles. The van der Waals surface area contributed by atoms with Crippen molar-refractivity contribution in [3.05, 3.63) is 29.8 Å². The lowest BCUT2D eigenvalue weighted by atomic mass is 10.1. The monoisotopic (exact) mass is 405 g/mol. The van der Waals surface area contributed by atoms with E-state index < -0.39 is 18.0 Å². The van der Waals surface area contributed by atoms with E-state index in [1.54, 1.807) is 31.4 Å². The molecule has 1 fully saturated rings. The zero-order chi connectivity index (χ0) is 21.1. The number of methoxy groups -OCH3 is 1. The van der Waals surface area contributed by atoms with Gasteiger partial charge in [0.2, 0.25) is 5.91 Å². The predicted molar refractivity (Wildman–Crippen MR) is 107 cm³/mol. The van der Waals surface area contributed by atoms with Crippen LogP contribution in [0.15, 0.2) is 24.3 Å². The minimum atomic E-state index is -1.05. The number of benzene rings is 1. The first-order chi connectivity index (χ1) is 14.0. The van der Waals surface area contributed by atoms with Gasteiger partial charge in [0, 0.05) is 6.42 Å². The molecule has 1 N–H and O–H groups in total. The maximum atomic E-state index is 12.6. The van der Waals surface area contributed by atoms with Crippen molar-refractivity contribution < 1.29 is 28.6 Å². The number of amides is 1.